The molecule has 0 saturated carbocycles. The molecule has 4 rings (SSSR count). The molecule has 164 valence electrons. The summed E-state index contributed by atoms with van der Waals surface area (Å²) in [5, 5.41) is 3.13. The predicted octanol–water partition coefficient (Wildman–Crippen LogP) is 6.57. The molecule has 3 aromatic carbocycles. The summed E-state index contributed by atoms with van der Waals surface area (Å²) < 4.78 is 3.19. The van der Waals surface area contributed by atoms with E-state index in [0.29, 0.717) is 12.1 Å². The highest BCUT2D eigenvalue weighted by atomic mass is 79.9. The predicted molar refractivity (Wildman–Crippen MR) is 134 cm³/mol. The van der Waals surface area contributed by atoms with Gasteiger partial charge >= 0.3 is 0 Å². The van der Waals surface area contributed by atoms with E-state index >= 15 is 0 Å². The van der Waals surface area contributed by atoms with Crippen molar-refractivity contribution in [2.75, 3.05) is 0 Å². The van der Waals surface area contributed by atoms with Crippen molar-refractivity contribution in [2.24, 2.45) is 0 Å². The summed E-state index contributed by atoms with van der Waals surface area (Å²) in [6, 6.07) is 17.6. The van der Waals surface area contributed by atoms with E-state index in [1.165, 1.54) is 27.8 Å². The minimum Gasteiger partial charge on any atom is -0.342 e. The van der Waals surface area contributed by atoms with Gasteiger partial charge in [0.25, 0.3) is 5.91 Å². The molecule has 0 radical (unpaired) electrons. The summed E-state index contributed by atoms with van der Waals surface area (Å²) in [7, 11) is 0. The van der Waals surface area contributed by atoms with Gasteiger partial charge in [-0.1, -0.05) is 34.1 Å². The lowest BCUT2D eigenvalue weighted by Crippen LogP contribution is -2.29. The number of carbonyl (C=O) groups excluding carboxylic acids is 1. The molecule has 1 amide bonds. The fourth-order valence-corrected chi connectivity index (χ4v) is 4.49. The van der Waals surface area contributed by atoms with Crippen LogP contribution in [0.5, 0.6) is 0 Å². The van der Waals surface area contributed by atoms with Crippen molar-refractivity contribution in [3.8, 4) is 0 Å². The number of aromatic nitrogens is 2. The number of hydrogen-bond acceptors (Lipinski definition) is 2. The number of nitrogens with one attached hydrogen (secondary N) is 1. The highest BCUT2D eigenvalue weighted by Gasteiger charge is 2.21. The summed E-state index contributed by atoms with van der Waals surface area (Å²) in [5.41, 5.74) is 9.17. The fraction of sp³-hybridized carbons (Fsp3) is 0.259. The van der Waals surface area contributed by atoms with Gasteiger partial charge in [-0.15, -0.1) is 0 Å². The van der Waals surface area contributed by atoms with Gasteiger partial charge in [0.2, 0.25) is 0 Å². The van der Waals surface area contributed by atoms with Crippen LogP contribution in [-0.4, -0.2) is 15.5 Å². The first kappa shape index (κ1) is 22.3. The minimum absolute atomic E-state index is 0.109. The Labute approximate surface area is 197 Å². The van der Waals surface area contributed by atoms with Crippen molar-refractivity contribution in [1.82, 2.24) is 14.9 Å². The molecule has 1 unspecified atom stereocenters. The number of fused-ring (bicyclic) bond motifs is 1. The maximum absolute atomic E-state index is 12.9. The quantitative estimate of drug-likeness (QED) is 0.344. The van der Waals surface area contributed by atoms with E-state index in [2.05, 4.69) is 65.6 Å². The third kappa shape index (κ3) is 4.22. The summed E-state index contributed by atoms with van der Waals surface area (Å²) in [5.74, 6) is 0.747. The Kier molecular flexibility index (Phi) is 6.20. The number of hydrogen-bond donors (Lipinski definition) is 1. The third-order valence-corrected chi connectivity index (χ3v) is 6.89. The topological polar surface area (TPSA) is 46.9 Å². The maximum atomic E-state index is 12.9. The molecule has 0 aliphatic heterocycles. The number of halogens is 1. The van der Waals surface area contributed by atoms with Crippen LogP contribution in [0.25, 0.3) is 11.0 Å². The van der Waals surface area contributed by atoms with E-state index in [1.807, 2.05) is 49.4 Å². The lowest BCUT2D eigenvalue weighted by Gasteiger charge is -2.20. The molecule has 0 saturated heterocycles. The first-order valence-electron chi connectivity index (χ1n) is 10.8. The van der Waals surface area contributed by atoms with Gasteiger partial charge in [-0.2, -0.15) is 0 Å². The smallest absolute Gasteiger partial charge is 0.251 e. The molecule has 1 heterocycles. The first-order valence-corrected chi connectivity index (χ1v) is 11.6. The van der Waals surface area contributed by atoms with Crippen LogP contribution in [0.1, 0.15) is 57.0 Å². The molecule has 0 spiro atoms. The average molecular weight is 490 g/mol. The standard InChI is InChI=1S/C27H28BrN3O/c1-16-14-17(2)19(4)23(18(16)3)15-31-25-9-7-6-8-24(25)30-26(31)20(5)29-27(32)21-10-12-22(28)13-11-21/h6-14,20H,15H2,1-5H3,(H,29,32). The molecule has 1 N–H and O–H groups in total. The summed E-state index contributed by atoms with van der Waals surface area (Å²) in [6.07, 6.45) is 0. The second-order valence-electron chi connectivity index (χ2n) is 8.49. The summed E-state index contributed by atoms with van der Waals surface area (Å²) in [4.78, 5) is 17.8. The molecule has 0 fully saturated rings. The van der Waals surface area contributed by atoms with E-state index in [9.17, 15) is 4.79 Å². The Balaban J connectivity index is 1.74. The molecule has 32 heavy (non-hydrogen) atoms. The van der Waals surface area contributed by atoms with Crippen molar-refractivity contribution in [2.45, 2.75) is 47.2 Å². The van der Waals surface area contributed by atoms with Crippen molar-refractivity contribution in [3.63, 3.8) is 0 Å². The number of benzene rings is 3. The molecule has 0 bridgehead atoms. The number of rotatable bonds is 5. The second kappa shape index (κ2) is 8.91. The van der Waals surface area contributed by atoms with E-state index in [4.69, 9.17) is 4.98 Å². The number of nitrogens with zero attached hydrogens (tertiary/aromatic N) is 2. The van der Waals surface area contributed by atoms with Gasteiger partial charge in [0, 0.05) is 16.6 Å². The Morgan fingerprint density at radius 1 is 1.00 bits per heavy atom. The van der Waals surface area contributed by atoms with Gasteiger partial charge in [-0.05, 0) is 98.8 Å². The monoisotopic (exact) mass is 489 g/mol. The van der Waals surface area contributed by atoms with Crippen molar-refractivity contribution in [1.29, 1.82) is 0 Å². The normalized spacial score (nSPS) is 12.2. The zero-order valence-corrected chi connectivity index (χ0v) is 20.7. The van der Waals surface area contributed by atoms with Crippen LogP contribution in [-0.2, 0) is 6.54 Å². The minimum atomic E-state index is -0.245. The van der Waals surface area contributed by atoms with E-state index < -0.39 is 0 Å². The molecule has 4 aromatic rings. The van der Waals surface area contributed by atoms with Gasteiger partial charge < -0.3 is 9.88 Å². The fourth-order valence-electron chi connectivity index (χ4n) is 4.23. The van der Waals surface area contributed by atoms with Crippen LogP contribution in [0.3, 0.4) is 0 Å². The molecular weight excluding hydrogens is 462 g/mol. The Morgan fingerprint density at radius 2 is 1.62 bits per heavy atom. The maximum Gasteiger partial charge on any atom is 0.251 e. The van der Waals surface area contributed by atoms with Crippen molar-refractivity contribution < 1.29 is 4.79 Å². The number of para-hydroxylation sites is 2. The van der Waals surface area contributed by atoms with E-state index in [0.717, 1.165) is 21.3 Å². The summed E-state index contributed by atoms with van der Waals surface area (Å²) >= 11 is 3.42. The van der Waals surface area contributed by atoms with Crippen LogP contribution in [0.4, 0.5) is 0 Å². The molecular formula is C27H28BrN3O. The molecule has 4 nitrogen and oxygen atoms in total. The first-order chi connectivity index (χ1) is 15.3. The van der Waals surface area contributed by atoms with E-state index in [1.54, 1.807) is 0 Å². The van der Waals surface area contributed by atoms with Gasteiger partial charge in [-0.3, -0.25) is 4.79 Å². The van der Waals surface area contributed by atoms with Gasteiger partial charge in [-0.25, -0.2) is 4.98 Å². The highest BCUT2D eigenvalue weighted by molar-refractivity contribution is 9.10. The third-order valence-electron chi connectivity index (χ3n) is 6.36. The molecule has 5 heteroatoms. The van der Waals surface area contributed by atoms with Crippen LogP contribution in [0.2, 0.25) is 0 Å². The zero-order chi connectivity index (χ0) is 23.0. The number of aryl methyl sites for hydroxylation is 2. The van der Waals surface area contributed by atoms with Gasteiger partial charge in [0.15, 0.2) is 0 Å². The average Bonchev–Trinajstić information content (AvgIpc) is 3.14. The summed E-state index contributed by atoms with van der Waals surface area (Å²) in [6.45, 7) is 11.4. The Bertz CT molecular complexity index is 1280. The number of imidazole rings is 1. The largest absolute Gasteiger partial charge is 0.342 e. The van der Waals surface area contributed by atoms with Crippen LogP contribution >= 0.6 is 15.9 Å². The van der Waals surface area contributed by atoms with Crippen LogP contribution in [0.15, 0.2) is 59.1 Å². The Hall–Kier alpha value is -2.92. The number of carbonyl (C=O) groups is 1. The van der Waals surface area contributed by atoms with Crippen LogP contribution in [0, 0.1) is 27.7 Å². The van der Waals surface area contributed by atoms with E-state index in [-0.39, 0.29) is 11.9 Å². The molecule has 0 aliphatic carbocycles. The zero-order valence-electron chi connectivity index (χ0n) is 19.2. The lowest BCUT2D eigenvalue weighted by molar-refractivity contribution is 0.0937. The van der Waals surface area contributed by atoms with Gasteiger partial charge in [0.05, 0.1) is 17.1 Å². The van der Waals surface area contributed by atoms with Crippen molar-refractivity contribution >= 4 is 32.9 Å². The van der Waals surface area contributed by atoms with Crippen molar-refractivity contribution in [3.05, 3.63) is 98.3 Å². The highest BCUT2D eigenvalue weighted by Crippen LogP contribution is 2.27. The Morgan fingerprint density at radius 3 is 2.28 bits per heavy atom. The lowest BCUT2D eigenvalue weighted by atomic mass is 9.94. The second-order valence-corrected chi connectivity index (χ2v) is 9.40. The SMILES string of the molecule is Cc1cc(C)c(C)c(Cn2c(C(C)NC(=O)c3ccc(Br)cc3)nc3ccccc32)c1C. The molecule has 1 aromatic heterocycles. The van der Waals surface area contributed by atoms with Crippen LogP contribution < -0.4 is 5.32 Å². The molecule has 0 aliphatic rings. The number of amides is 1. The molecule has 1 atom stereocenters. The van der Waals surface area contributed by atoms with Gasteiger partial charge in [0.1, 0.15) is 5.82 Å².